The molecule has 0 aromatic carbocycles. The van der Waals surface area contributed by atoms with E-state index in [1.54, 1.807) is 0 Å². The number of rotatable bonds is 3. The van der Waals surface area contributed by atoms with Gasteiger partial charge < -0.3 is 9.47 Å². The van der Waals surface area contributed by atoms with Gasteiger partial charge in [0.05, 0.1) is 14.2 Å². The second-order valence-electron chi connectivity index (χ2n) is 4.19. The molecule has 0 saturated carbocycles. The van der Waals surface area contributed by atoms with Gasteiger partial charge in [-0.25, -0.2) is 9.78 Å². The van der Waals surface area contributed by atoms with Crippen molar-refractivity contribution in [2.24, 2.45) is 0 Å². The van der Waals surface area contributed by atoms with Gasteiger partial charge in [-0.1, -0.05) is 6.07 Å². The van der Waals surface area contributed by atoms with Crippen molar-refractivity contribution in [3.8, 4) is 16.9 Å². The lowest BCUT2D eigenvalue weighted by atomic mass is 10.1. The SMILES string of the molecule is COC(=O)c1cc(OC)c(-c2ccc(C(F)(F)F)nc2)cn1. The van der Waals surface area contributed by atoms with Crippen molar-refractivity contribution in [3.63, 3.8) is 0 Å². The number of carbonyl (C=O) groups is 1. The van der Waals surface area contributed by atoms with Crippen LogP contribution in [0, 0.1) is 0 Å². The van der Waals surface area contributed by atoms with Gasteiger partial charge in [0.2, 0.25) is 0 Å². The molecule has 2 rings (SSSR count). The molecule has 0 N–H and O–H groups in total. The van der Waals surface area contributed by atoms with Crippen LogP contribution in [0.4, 0.5) is 13.2 Å². The second kappa shape index (κ2) is 6.00. The molecule has 0 radical (unpaired) electrons. The van der Waals surface area contributed by atoms with E-state index in [0.29, 0.717) is 11.1 Å². The quantitative estimate of drug-likeness (QED) is 0.815. The zero-order chi connectivity index (χ0) is 16.3. The Balaban J connectivity index is 2.42. The Morgan fingerprint density at radius 3 is 2.36 bits per heavy atom. The topological polar surface area (TPSA) is 61.3 Å². The Bertz CT molecular complexity index is 685. The van der Waals surface area contributed by atoms with Gasteiger partial charge >= 0.3 is 12.1 Å². The first kappa shape index (κ1) is 15.7. The smallest absolute Gasteiger partial charge is 0.433 e. The molecule has 0 saturated heterocycles. The summed E-state index contributed by atoms with van der Waals surface area (Å²) >= 11 is 0. The van der Waals surface area contributed by atoms with Crippen molar-refractivity contribution in [1.29, 1.82) is 0 Å². The Labute approximate surface area is 123 Å². The van der Waals surface area contributed by atoms with Crippen LogP contribution in [0.15, 0.2) is 30.6 Å². The van der Waals surface area contributed by atoms with E-state index in [9.17, 15) is 18.0 Å². The number of ether oxygens (including phenoxy) is 2. The van der Waals surface area contributed by atoms with Crippen molar-refractivity contribution in [2.75, 3.05) is 14.2 Å². The average molecular weight is 312 g/mol. The van der Waals surface area contributed by atoms with Crippen LogP contribution in [0.25, 0.3) is 11.1 Å². The monoisotopic (exact) mass is 312 g/mol. The molecule has 8 heteroatoms. The number of carbonyl (C=O) groups excluding carboxylic acids is 1. The largest absolute Gasteiger partial charge is 0.496 e. The highest BCUT2D eigenvalue weighted by Crippen LogP contribution is 2.32. The summed E-state index contributed by atoms with van der Waals surface area (Å²) in [6.45, 7) is 0. The number of methoxy groups -OCH3 is 2. The molecule has 0 amide bonds. The third kappa shape index (κ3) is 3.16. The number of pyridine rings is 2. The van der Waals surface area contributed by atoms with E-state index in [2.05, 4.69) is 14.7 Å². The molecule has 0 unspecified atom stereocenters. The highest BCUT2D eigenvalue weighted by atomic mass is 19.4. The molecule has 0 aliphatic carbocycles. The summed E-state index contributed by atoms with van der Waals surface area (Å²) in [5.74, 6) is -0.368. The van der Waals surface area contributed by atoms with E-state index >= 15 is 0 Å². The minimum absolute atomic E-state index is 0.0305. The van der Waals surface area contributed by atoms with E-state index in [1.807, 2.05) is 0 Å². The minimum atomic E-state index is -4.50. The maximum Gasteiger partial charge on any atom is 0.433 e. The molecule has 0 aliphatic rings. The van der Waals surface area contributed by atoms with E-state index in [4.69, 9.17) is 4.74 Å². The van der Waals surface area contributed by atoms with Crippen LogP contribution in [-0.4, -0.2) is 30.2 Å². The number of alkyl halides is 3. The number of aromatic nitrogens is 2. The van der Waals surface area contributed by atoms with Crippen molar-refractivity contribution >= 4 is 5.97 Å². The van der Waals surface area contributed by atoms with Gasteiger partial charge in [0.25, 0.3) is 0 Å². The molecule has 0 spiro atoms. The summed E-state index contributed by atoms with van der Waals surface area (Å²) in [5, 5.41) is 0. The Morgan fingerprint density at radius 1 is 1.14 bits per heavy atom. The summed E-state index contributed by atoms with van der Waals surface area (Å²) in [5.41, 5.74) is -0.164. The summed E-state index contributed by atoms with van der Waals surface area (Å²) in [7, 11) is 2.58. The summed E-state index contributed by atoms with van der Waals surface area (Å²) in [4.78, 5) is 18.7. The van der Waals surface area contributed by atoms with E-state index in [-0.39, 0.29) is 11.4 Å². The lowest BCUT2D eigenvalue weighted by Crippen LogP contribution is -2.07. The Morgan fingerprint density at radius 2 is 1.86 bits per heavy atom. The fourth-order valence-corrected chi connectivity index (χ4v) is 1.76. The van der Waals surface area contributed by atoms with E-state index in [0.717, 1.165) is 12.3 Å². The van der Waals surface area contributed by atoms with Gasteiger partial charge in [0.1, 0.15) is 11.4 Å². The molecule has 0 bridgehead atoms. The van der Waals surface area contributed by atoms with Crippen LogP contribution in [0.2, 0.25) is 0 Å². The number of hydrogen-bond acceptors (Lipinski definition) is 5. The Hall–Kier alpha value is -2.64. The fourth-order valence-electron chi connectivity index (χ4n) is 1.76. The van der Waals surface area contributed by atoms with Gasteiger partial charge in [0, 0.05) is 29.6 Å². The van der Waals surface area contributed by atoms with Gasteiger partial charge in [-0.05, 0) is 6.07 Å². The zero-order valence-corrected chi connectivity index (χ0v) is 11.6. The second-order valence-corrected chi connectivity index (χ2v) is 4.19. The lowest BCUT2D eigenvalue weighted by molar-refractivity contribution is -0.141. The maximum absolute atomic E-state index is 12.5. The minimum Gasteiger partial charge on any atom is -0.496 e. The maximum atomic E-state index is 12.5. The molecule has 5 nitrogen and oxygen atoms in total. The van der Waals surface area contributed by atoms with E-state index in [1.165, 1.54) is 32.5 Å². The molecule has 2 aromatic heterocycles. The van der Waals surface area contributed by atoms with E-state index < -0.39 is 17.8 Å². The summed E-state index contributed by atoms with van der Waals surface area (Å²) in [6, 6.07) is 3.47. The van der Waals surface area contributed by atoms with Gasteiger partial charge in [-0.2, -0.15) is 13.2 Å². The Kier molecular flexibility index (Phi) is 4.30. The highest BCUT2D eigenvalue weighted by Gasteiger charge is 2.32. The first-order valence-electron chi connectivity index (χ1n) is 6.02. The zero-order valence-electron chi connectivity index (χ0n) is 11.6. The van der Waals surface area contributed by atoms with Crippen molar-refractivity contribution < 1.29 is 27.4 Å². The molecule has 0 aliphatic heterocycles. The summed E-state index contributed by atoms with van der Waals surface area (Å²) in [6.07, 6.45) is -2.12. The highest BCUT2D eigenvalue weighted by molar-refractivity contribution is 5.88. The normalized spacial score (nSPS) is 11.1. The van der Waals surface area contributed by atoms with Crippen LogP contribution >= 0.6 is 0 Å². The van der Waals surface area contributed by atoms with Crippen LogP contribution in [-0.2, 0) is 10.9 Å². The van der Waals surface area contributed by atoms with Gasteiger partial charge in [-0.3, -0.25) is 4.98 Å². The molecule has 0 atom stereocenters. The summed E-state index contributed by atoms with van der Waals surface area (Å²) < 4.78 is 47.2. The predicted molar refractivity (Wildman–Crippen MR) is 70.4 cm³/mol. The number of halogens is 3. The van der Waals surface area contributed by atoms with Gasteiger partial charge in [0.15, 0.2) is 5.69 Å². The standard InChI is InChI=1S/C14H11F3N2O3/c1-21-11-5-10(13(20)22-2)18-7-9(11)8-3-4-12(19-6-8)14(15,16)17/h3-7H,1-2H3. The number of nitrogens with zero attached hydrogens (tertiary/aromatic N) is 2. The molecule has 2 aromatic rings. The molecular formula is C14H11F3N2O3. The van der Waals surface area contributed by atoms with Crippen LogP contribution in [0.1, 0.15) is 16.2 Å². The molecule has 0 fully saturated rings. The van der Waals surface area contributed by atoms with Crippen molar-refractivity contribution in [2.45, 2.75) is 6.18 Å². The van der Waals surface area contributed by atoms with Crippen LogP contribution in [0.5, 0.6) is 5.75 Å². The average Bonchev–Trinajstić information content (AvgIpc) is 2.52. The third-order valence-electron chi connectivity index (χ3n) is 2.85. The lowest BCUT2D eigenvalue weighted by Gasteiger charge is -2.10. The number of hydrogen-bond donors (Lipinski definition) is 0. The fraction of sp³-hybridized carbons (Fsp3) is 0.214. The predicted octanol–water partition coefficient (Wildman–Crippen LogP) is 2.96. The van der Waals surface area contributed by atoms with Gasteiger partial charge in [-0.15, -0.1) is 0 Å². The van der Waals surface area contributed by atoms with Crippen LogP contribution < -0.4 is 4.74 Å². The van der Waals surface area contributed by atoms with Crippen molar-refractivity contribution in [3.05, 3.63) is 42.0 Å². The molecule has 22 heavy (non-hydrogen) atoms. The molecule has 116 valence electrons. The molecular weight excluding hydrogens is 301 g/mol. The van der Waals surface area contributed by atoms with Crippen molar-refractivity contribution in [1.82, 2.24) is 9.97 Å². The first-order chi connectivity index (χ1) is 10.4. The number of esters is 1. The third-order valence-corrected chi connectivity index (χ3v) is 2.85. The first-order valence-corrected chi connectivity index (χ1v) is 6.02. The van der Waals surface area contributed by atoms with Crippen LogP contribution in [0.3, 0.4) is 0 Å². The molecule has 2 heterocycles.